The predicted octanol–water partition coefficient (Wildman–Crippen LogP) is 2.72. The highest BCUT2D eigenvalue weighted by Crippen LogP contribution is 2.39. The molecule has 96 valence electrons. The molecule has 1 saturated heterocycles. The van der Waals surface area contributed by atoms with E-state index in [1.807, 2.05) is 6.07 Å². The number of carbonyl (C=O) groups is 1. The Kier molecular flexibility index (Phi) is 3.44. The fourth-order valence-corrected chi connectivity index (χ4v) is 5.41. The van der Waals surface area contributed by atoms with Crippen LogP contribution < -0.4 is 5.19 Å². The van der Waals surface area contributed by atoms with E-state index in [0.717, 1.165) is 0 Å². The molecule has 3 heteroatoms. The molecule has 1 aromatic rings. The largest absolute Gasteiger partial charge is 0.457 e. The van der Waals surface area contributed by atoms with E-state index in [-0.39, 0.29) is 18.0 Å². The van der Waals surface area contributed by atoms with Gasteiger partial charge in [0.25, 0.3) is 0 Å². The Bertz CT molecular complexity index is 453. The molecule has 0 aromatic heterocycles. The molecule has 1 aromatic carbocycles. The van der Waals surface area contributed by atoms with Crippen LogP contribution >= 0.6 is 0 Å². The van der Waals surface area contributed by atoms with E-state index in [4.69, 9.17) is 4.74 Å². The molecule has 0 unspecified atom stereocenters. The maximum Gasteiger partial charge on any atom is 0.313 e. The van der Waals surface area contributed by atoms with Gasteiger partial charge in [-0.3, -0.25) is 4.79 Å². The maximum absolute atomic E-state index is 11.7. The number of rotatable bonds is 4. The SMILES string of the molecule is C=C[C@@H]1OC(=O)[C@@H]1[C@H](C)[Si](C)(C)c1ccccc1. The van der Waals surface area contributed by atoms with Gasteiger partial charge in [0.15, 0.2) is 0 Å². The number of ether oxygens (including phenoxy) is 1. The Morgan fingerprint density at radius 1 is 1.33 bits per heavy atom. The van der Waals surface area contributed by atoms with Gasteiger partial charge < -0.3 is 4.74 Å². The molecule has 1 aliphatic heterocycles. The molecule has 0 saturated carbocycles. The van der Waals surface area contributed by atoms with Crippen LogP contribution in [0.1, 0.15) is 6.92 Å². The number of hydrogen-bond donors (Lipinski definition) is 0. The van der Waals surface area contributed by atoms with Gasteiger partial charge in [0.05, 0.1) is 14.0 Å². The second kappa shape index (κ2) is 4.73. The molecule has 3 atom stereocenters. The van der Waals surface area contributed by atoms with Crippen LogP contribution in [-0.4, -0.2) is 20.1 Å². The third-order valence-corrected chi connectivity index (χ3v) is 8.76. The summed E-state index contributed by atoms with van der Waals surface area (Å²) in [6.07, 6.45) is 1.65. The minimum Gasteiger partial charge on any atom is -0.457 e. The lowest BCUT2D eigenvalue weighted by molar-refractivity contribution is -0.178. The summed E-state index contributed by atoms with van der Waals surface area (Å²) in [5.74, 6) is -0.0757. The second-order valence-electron chi connectivity index (χ2n) is 5.54. The highest BCUT2D eigenvalue weighted by Gasteiger charge is 2.49. The first-order valence-corrected chi connectivity index (χ1v) is 9.44. The number of cyclic esters (lactones) is 1. The third-order valence-electron chi connectivity index (χ3n) is 4.31. The number of benzene rings is 1. The van der Waals surface area contributed by atoms with Gasteiger partial charge in [-0.25, -0.2) is 0 Å². The predicted molar refractivity (Wildman–Crippen MR) is 76.5 cm³/mol. The first-order chi connectivity index (χ1) is 8.48. The standard InChI is InChI=1S/C15H20O2Si/c1-5-13-14(15(16)17-13)11(2)18(3,4)12-9-7-6-8-10-12/h5-11,13-14H,1H2,2-4H3/t11-,13-,14+/m0/s1. The zero-order chi connectivity index (χ0) is 13.3. The lowest BCUT2D eigenvalue weighted by atomic mass is 9.94. The summed E-state index contributed by atoms with van der Waals surface area (Å²) in [6.45, 7) is 10.6. The average molecular weight is 260 g/mol. The summed E-state index contributed by atoms with van der Waals surface area (Å²) in [7, 11) is -1.66. The quantitative estimate of drug-likeness (QED) is 0.473. The molecule has 0 bridgehead atoms. The van der Waals surface area contributed by atoms with Gasteiger partial charge in [-0.15, -0.1) is 0 Å². The molecule has 0 radical (unpaired) electrons. The van der Waals surface area contributed by atoms with Crippen molar-refractivity contribution < 1.29 is 9.53 Å². The zero-order valence-electron chi connectivity index (χ0n) is 11.2. The fourth-order valence-electron chi connectivity index (χ4n) is 2.61. The van der Waals surface area contributed by atoms with Crippen LogP contribution in [-0.2, 0) is 9.53 Å². The Hall–Kier alpha value is -1.35. The second-order valence-corrected chi connectivity index (χ2v) is 10.5. The van der Waals surface area contributed by atoms with Crippen molar-refractivity contribution in [3.63, 3.8) is 0 Å². The van der Waals surface area contributed by atoms with Crippen molar-refractivity contribution in [1.82, 2.24) is 0 Å². The van der Waals surface area contributed by atoms with Crippen LogP contribution in [0.15, 0.2) is 43.0 Å². The van der Waals surface area contributed by atoms with Crippen molar-refractivity contribution in [2.24, 2.45) is 5.92 Å². The van der Waals surface area contributed by atoms with Gasteiger partial charge in [0, 0.05) is 0 Å². The van der Waals surface area contributed by atoms with E-state index in [1.165, 1.54) is 5.19 Å². The molecular formula is C15H20O2Si. The number of esters is 1. The van der Waals surface area contributed by atoms with Gasteiger partial charge in [0.2, 0.25) is 0 Å². The monoisotopic (exact) mass is 260 g/mol. The summed E-state index contributed by atoms with van der Waals surface area (Å²) in [6, 6.07) is 10.5. The van der Waals surface area contributed by atoms with Crippen LogP contribution in [0.3, 0.4) is 0 Å². The molecule has 0 aliphatic carbocycles. The van der Waals surface area contributed by atoms with Crippen molar-refractivity contribution >= 4 is 19.2 Å². The van der Waals surface area contributed by atoms with E-state index in [0.29, 0.717) is 5.54 Å². The third kappa shape index (κ3) is 2.03. The fraction of sp³-hybridized carbons (Fsp3) is 0.400. The van der Waals surface area contributed by atoms with E-state index in [2.05, 4.69) is 50.9 Å². The number of carbonyl (C=O) groups excluding carboxylic acids is 1. The Morgan fingerprint density at radius 2 is 1.94 bits per heavy atom. The highest BCUT2D eigenvalue weighted by atomic mass is 28.3. The molecule has 0 spiro atoms. The van der Waals surface area contributed by atoms with Crippen LogP contribution in [0.4, 0.5) is 0 Å². The summed E-state index contributed by atoms with van der Waals surface area (Å²) in [5.41, 5.74) is 0.351. The molecule has 1 heterocycles. The summed E-state index contributed by atoms with van der Waals surface area (Å²) < 4.78 is 5.12. The first kappa shape index (κ1) is 13.1. The summed E-state index contributed by atoms with van der Waals surface area (Å²) in [5, 5.41) is 1.39. The summed E-state index contributed by atoms with van der Waals surface area (Å²) in [4.78, 5) is 11.7. The van der Waals surface area contributed by atoms with Gasteiger partial charge in [-0.2, -0.15) is 0 Å². The topological polar surface area (TPSA) is 26.3 Å². The van der Waals surface area contributed by atoms with Crippen molar-refractivity contribution in [2.45, 2.75) is 31.7 Å². The molecule has 1 aliphatic rings. The van der Waals surface area contributed by atoms with Gasteiger partial charge >= 0.3 is 5.97 Å². The smallest absolute Gasteiger partial charge is 0.313 e. The zero-order valence-corrected chi connectivity index (χ0v) is 12.2. The normalized spacial score (nSPS) is 24.9. The summed E-state index contributed by atoms with van der Waals surface area (Å²) >= 11 is 0. The van der Waals surface area contributed by atoms with Crippen LogP contribution in [0, 0.1) is 5.92 Å². The average Bonchev–Trinajstić information content (AvgIpc) is 2.36. The number of hydrogen-bond acceptors (Lipinski definition) is 2. The van der Waals surface area contributed by atoms with E-state index in [1.54, 1.807) is 6.08 Å². The lowest BCUT2D eigenvalue weighted by Crippen LogP contribution is -2.56. The van der Waals surface area contributed by atoms with E-state index in [9.17, 15) is 4.79 Å². The first-order valence-electron chi connectivity index (χ1n) is 6.37. The van der Waals surface area contributed by atoms with Crippen molar-refractivity contribution in [3.8, 4) is 0 Å². The van der Waals surface area contributed by atoms with Gasteiger partial charge in [-0.1, -0.05) is 68.2 Å². The highest BCUT2D eigenvalue weighted by molar-refractivity contribution is 6.91. The van der Waals surface area contributed by atoms with Crippen LogP contribution in [0.2, 0.25) is 18.6 Å². The molecule has 2 rings (SSSR count). The molecule has 2 nitrogen and oxygen atoms in total. The molecular weight excluding hydrogens is 240 g/mol. The van der Waals surface area contributed by atoms with Crippen molar-refractivity contribution in [1.29, 1.82) is 0 Å². The maximum atomic E-state index is 11.7. The van der Waals surface area contributed by atoms with Crippen LogP contribution in [0.5, 0.6) is 0 Å². The molecule has 0 amide bonds. The van der Waals surface area contributed by atoms with Gasteiger partial charge in [-0.05, 0) is 5.54 Å². The Morgan fingerprint density at radius 3 is 2.44 bits per heavy atom. The van der Waals surface area contributed by atoms with Crippen LogP contribution in [0.25, 0.3) is 0 Å². The lowest BCUT2D eigenvalue weighted by Gasteiger charge is -2.43. The van der Waals surface area contributed by atoms with E-state index >= 15 is 0 Å². The van der Waals surface area contributed by atoms with Gasteiger partial charge in [0.1, 0.15) is 6.10 Å². The Balaban J connectivity index is 2.25. The van der Waals surface area contributed by atoms with E-state index < -0.39 is 8.07 Å². The molecule has 0 N–H and O–H groups in total. The van der Waals surface area contributed by atoms with Crippen molar-refractivity contribution in [3.05, 3.63) is 43.0 Å². The molecule has 1 fully saturated rings. The minimum atomic E-state index is -1.66. The Labute approximate surface area is 110 Å². The molecule has 18 heavy (non-hydrogen) atoms. The minimum absolute atomic E-state index is 0.00984. The van der Waals surface area contributed by atoms with Crippen molar-refractivity contribution in [2.75, 3.05) is 0 Å².